The second-order valence-corrected chi connectivity index (χ2v) is 5.91. The van der Waals surface area contributed by atoms with Gasteiger partial charge in [0, 0.05) is 17.6 Å². The Morgan fingerprint density at radius 1 is 1.20 bits per heavy atom. The van der Waals surface area contributed by atoms with E-state index in [2.05, 4.69) is 11.9 Å². The molecule has 0 bridgehead atoms. The van der Waals surface area contributed by atoms with Crippen LogP contribution in [0.3, 0.4) is 0 Å². The molecule has 0 heterocycles. The van der Waals surface area contributed by atoms with Crippen molar-refractivity contribution >= 4 is 11.6 Å². The van der Waals surface area contributed by atoms with E-state index in [1.54, 1.807) is 0 Å². The first-order valence-corrected chi connectivity index (χ1v) is 6.65. The predicted octanol–water partition coefficient (Wildman–Crippen LogP) is 3.83. The van der Waals surface area contributed by atoms with Crippen LogP contribution in [0.15, 0.2) is 11.6 Å². The van der Waals surface area contributed by atoms with Gasteiger partial charge in [-0.3, -0.25) is 0 Å². The Bertz CT molecular complexity index is 221. The molecule has 2 aliphatic rings. The maximum atomic E-state index is 5.76. The lowest BCUT2D eigenvalue weighted by atomic mass is 9.71. The van der Waals surface area contributed by atoms with E-state index in [1.165, 1.54) is 51.4 Å². The lowest BCUT2D eigenvalue weighted by Crippen LogP contribution is -2.37. The SMILES string of the molecule is C=C(Cl)CNC1CCC2(CCCC2)CC1. The fourth-order valence-corrected chi connectivity index (χ4v) is 3.39. The summed E-state index contributed by atoms with van der Waals surface area (Å²) in [6, 6.07) is 0.687. The van der Waals surface area contributed by atoms with Crippen LogP contribution in [0.25, 0.3) is 0 Å². The number of hydrogen-bond donors (Lipinski definition) is 1. The lowest BCUT2D eigenvalue weighted by molar-refractivity contribution is 0.170. The van der Waals surface area contributed by atoms with Gasteiger partial charge >= 0.3 is 0 Å². The Hall–Kier alpha value is -0.0100. The molecule has 1 nitrogen and oxygen atoms in total. The first-order valence-electron chi connectivity index (χ1n) is 6.27. The first-order chi connectivity index (χ1) is 7.20. The Morgan fingerprint density at radius 3 is 2.33 bits per heavy atom. The Morgan fingerprint density at radius 2 is 1.80 bits per heavy atom. The van der Waals surface area contributed by atoms with Gasteiger partial charge in [-0.05, 0) is 43.9 Å². The lowest BCUT2D eigenvalue weighted by Gasteiger charge is -2.37. The molecule has 0 aromatic rings. The summed E-state index contributed by atoms with van der Waals surface area (Å²) in [7, 11) is 0. The van der Waals surface area contributed by atoms with Crippen molar-refractivity contribution in [2.45, 2.75) is 57.4 Å². The number of rotatable bonds is 3. The van der Waals surface area contributed by atoms with Crippen LogP contribution in [0.1, 0.15) is 51.4 Å². The summed E-state index contributed by atoms with van der Waals surface area (Å²) in [5.74, 6) is 0. The minimum atomic E-state index is 0.687. The summed E-state index contributed by atoms with van der Waals surface area (Å²) in [4.78, 5) is 0. The van der Waals surface area contributed by atoms with Crippen LogP contribution in [0.5, 0.6) is 0 Å². The van der Waals surface area contributed by atoms with E-state index in [1.807, 2.05) is 0 Å². The summed E-state index contributed by atoms with van der Waals surface area (Å²) in [6.07, 6.45) is 11.4. The molecular weight excluding hydrogens is 206 g/mol. The zero-order valence-corrected chi connectivity index (χ0v) is 10.3. The van der Waals surface area contributed by atoms with Gasteiger partial charge in [0.25, 0.3) is 0 Å². The molecule has 0 aromatic carbocycles. The van der Waals surface area contributed by atoms with E-state index in [0.717, 1.165) is 17.0 Å². The highest BCUT2D eigenvalue weighted by Gasteiger charge is 2.37. The van der Waals surface area contributed by atoms with Crippen LogP contribution >= 0.6 is 11.6 Å². The van der Waals surface area contributed by atoms with E-state index < -0.39 is 0 Å². The third kappa shape index (κ3) is 2.98. The highest BCUT2D eigenvalue weighted by molar-refractivity contribution is 6.29. The average molecular weight is 228 g/mol. The Labute approximate surface area is 98.3 Å². The molecule has 0 amide bonds. The van der Waals surface area contributed by atoms with Gasteiger partial charge in [-0.15, -0.1) is 0 Å². The topological polar surface area (TPSA) is 12.0 Å². The molecule has 2 aliphatic carbocycles. The second kappa shape index (κ2) is 4.88. The Balaban J connectivity index is 1.74. The van der Waals surface area contributed by atoms with Gasteiger partial charge in [-0.25, -0.2) is 0 Å². The molecule has 0 radical (unpaired) electrons. The molecule has 0 aromatic heterocycles. The minimum Gasteiger partial charge on any atom is -0.309 e. The summed E-state index contributed by atoms with van der Waals surface area (Å²) < 4.78 is 0. The first kappa shape index (κ1) is 11.5. The molecule has 86 valence electrons. The fraction of sp³-hybridized carbons (Fsp3) is 0.846. The third-order valence-electron chi connectivity index (χ3n) is 4.29. The van der Waals surface area contributed by atoms with Gasteiger partial charge in [0.15, 0.2) is 0 Å². The van der Waals surface area contributed by atoms with Crippen molar-refractivity contribution in [3.8, 4) is 0 Å². The van der Waals surface area contributed by atoms with Crippen LogP contribution in [0.2, 0.25) is 0 Å². The normalized spacial score (nSPS) is 25.9. The average Bonchev–Trinajstić information content (AvgIpc) is 2.66. The van der Waals surface area contributed by atoms with Gasteiger partial charge in [-0.1, -0.05) is 31.0 Å². The maximum absolute atomic E-state index is 5.76. The largest absolute Gasteiger partial charge is 0.309 e. The van der Waals surface area contributed by atoms with Gasteiger partial charge in [0.2, 0.25) is 0 Å². The molecule has 0 saturated heterocycles. The van der Waals surface area contributed by atoms with Crippen molar-refractivity contribution in [2.75, 3.05) is 6.54 Å². The summed E-state index contributed by atoms with van der Waals surface area (Å²) >= 11 is 5.76. The van der Waals surface area contributed by atoms with Crippen molar-refractivity contribution < 1.29 is 0 Å². The minimum absolute atomic E-state index is 0.687. The van der Waals surface area contributed by atoms with E-state index in [-0.39, 0.29) is 0 Å². The van der Waals surface area contributed by atoms with Gasteiger partial charge < -0.3 is 5.32 Å². The smallest absolute Gasteiger partial charge is 0.0310 e. The van der Waals surface area contributed by atoms with E-state index in [0.29, 0.717) is 6.04 Å². The number of halogens is 1. The molecule has 2 saturated carbocycles. The molecule has 0 aliphatic heterocycles. The maximum Gasteiger partial charge on any atom is 0.0310 e. The standard InChI is InChI=1S/C13H22ClN/c1-11(14)10-15-12-4-8-13(9-5-12)6-2-3-7-13/h12,15H,1-10H2. The highest BCUT2D eigenvalue weighted by atomic mass is 35.5. The second-order valence-electron chi connectivity index (χ2n) is 5.38. The van der Waals surface area contributed by atoms with Crippen LogP contribution in [0, 0.1) is 5.41 Å². The molecule has 2 rings (SSSR count). The molecule has 1 spiro atoms. The fourth-order valence-electron chi connectivity index (χ4n) is 3.31. The van der Waals surface area contributed by atoms with E-state index in [9.17, 15) is 0 Å². The number of hydrogen-bond acceptors (Lipinski definition) is 1. The summed E-state index contributed by atoms with van der Waals surface area (Å²) in [6.45, 7) is 4.49. The van der Waals surface area contributed by atoms with Gasteiger partial charge in [0.05, 0.1) is 0 Å². The van der Waals surface area contributed by atoms with E-state index >= 15 is 0 Å². The van der Waals surface area contributed by atoms with Crippen LogP contribution in [-0.2, 0) is 0 Å². The van der Waals surface area contributed by atoms with Crippen LogP contribution in [0.4, 0.5) is 0 Å². The zero-order valence-electron chi connectivity index (χ0n) is 9.53. The van der Waals surface area contributed by atoms with Crippen LogP contribution < -0.4 is 5.32 Å². The third-order valence-corrected chi connectivity index (χ3v) is 4.43. The summed E-state index contributed by atoms with van der Waals surface area (Å²) in [5.41, 5.74) is 0.746. The molecule has 1 N–H and O–H groups in total. The quantitative estimate of drug-likeness (QED) is 0.773. The van der Waals surface area contributed by atoms with Crippen LogP contribution in [-0.4, -0.2) is 12.6 Å². The van der Waals surface area contributed by atoms with Gasteiger partial charge in [0.1, 0.15) is 0 Å². The van der Waals surface area contributed by atoms with Crippen molar-refractivity contribution in [1.29, 1.82) is 0 Å². The van der Waals surface area contributed by atoms with Crippen molar-refractivity contribution in [1.82, 2.24) is 5.32 Å². The molecular formula is C13H22ClN. The number of nitrogens with one attached hydrogen (secondary N) is 1. The van der Waals surface area contributed by atoms with Gasteiger partial charge in [-0.2, -0.15) is 0 Å². The molecule has 0 unspecified atom stereocenters. The predicted molar refractivity (Wildman–Crippen MR) is 66.2 cm³/mol. The van der Waals surface area contributed by atoms with Crippen molar-refractivity contribution in [3.05, 3.63) is 11.6 Å². The molecule has 2 heteroatoms. The Kier molecular flexibility index (Phi) is 3.73. The van der Waals surface area contributed by atoms with E-state index in [4.69, 9.17) is 11.6 Å². The highest BCUT2D eigenvalue weighted by Crippen LogP contribution is 2.48. The van der Waals surface area contributed by atoms with Crippen molar-refractivity contribution in [3.63, 3.8) is 0 Å². The zero-order chi connectivity index (χ0) is 10.7. The molecule has 2 fully saturated rings. The monoisotopic (exact) mass is 227 g/mol. The molecule has 0 atom stereocenters. The van der Waals surface area contributed by atoms with Crippen molar-refractivity contribution in [2.24, 2.45) is 5.41 Å². The molecule has 15 heavy (non-hydrogen) atoms. The summed E-state index contributed by atoms with van der Waals surface area (Å²) in [5, 5.41) is 4.23.